The maximum absolute atomic E-state index is 11.2. The molecule has 0 aliphatic rings. The van der Waals surface area contributed by atoms with Crippen molar-refractivity contribution in [2.75, 3.05) is 5.73 Å². The summed E-state index contributed by atoms with van der Waals surface area (Å²) in [6, 6.07) is 5.16. The van der Waals surface area contributed by atoms with Crippen LogP contribution < -0.4 is 10.5 Å². The second-order valence-corrected chi connectivity index (χ2v) is 4.85. The van der Waals surface area contributed by atoms with Gasteiger partial charge in [0.1, 0.15) is 11.4 Å². The quantitative estimate of drug-likeness (QED) is 0.518. The summed E-state index contributed by atoms with van der Waals surface area (Å²) in [5.74, 6) is 0.691. The maximum atomic E-state index is 11.2. The van der Waals surface area contributed by atoms with E-state index in [2.05, 4.69) is 5.10 Å². The van der Waals surface area contributed by atoms with Gasteiger partial charge in [-0.25, -0.2) is 4.68 Å². The number of hydrogen-bond donors (Lipinski definition) is 1. The molecule has 0 unspecified atom stereocenters. The van der Waals surface area contributed by atoms with Gasteiger partial charge in [0.15, 0.2) is 0 Å². The minimum absolute atomic E-state index is 0.0975. The highest BCUT2D eigenvalue weighted by Crippen LogP contribution is 2.35. The number of aryl methyl sites for hydroxylation is 3. The molecule has 21 heavy (non-hydrogen) atoms. The van der Waals surface area contributed by atoms with E-state index in [0.29, 0.717) is 23.7 Å². The SMILES string of the molecule is CCCn1nc(C)c([N+](=O)[O-])c1Oc1ccc(N)cc1C. The van der Waals surface area contributed by atoms with Crippen molar-refractivity contribution < 1.29 is 9.66 Å². The first-order valence-corrected chi connectivity index (χ1v) is 6.69. The molecule has 0 fully saturated rings. The third kappa shape index (κ3) is 2.96. The molecular formula is C14H18N4O3. The lowest BCUT2D eigenvalue weighted by atomic mass is 10.2. The minimum Gasteiger partial charge on any atom is -0.434 e. The van der Waals surface area contributed by atoms with Crippen molar-refractivity contribution in [3.05, 3.63) is 39.6 Å². The number of nitrogens with two attached hydrogens (primary N) is 1. The Bertz CT molecular complexity index is 679. The standard InChI is InChI=1S/C14H18N4O3/c1-4-7-17-14(13(18(19)20)10(3)16-17)21-12-6-5-11(15)8-9(12)2/h5-6,8H,4,7,15H2,1-3H3. The fraction of sp³-hybridized carbons (Fsp3) is 0.357. The summed E-state index contributed by atoms with van der Waals surface area (Å²) in [5.41, 5.74) is 7.38. The van der Waals surface area contributed by atoms with Crippen LogP contribution >= 0.6 is 0 Å². The van der Waals surface area contributed by atoms with Gasteiger partial charge in [-0.05, 0) is 44.0 Å². The molecule has 0 aliphatic heterocycles. The first kappa shape index (κ1) is 14.8. The zero-order chi connectivity index (χ0) is 15.6. The van der Waals surface area contributed by atoms with Crippen LogP contribution in [-0.4, -0.2) is 14.7 Å². The Kier molecular flexibility index (Phi) is 4.11. The Morgan fingerprint density at radius 1 is 1.43 bits per heavy atom. The van der Waals surface area contributed by atoms with E-state index >= 15 is 0 Å². The molecule has 0 saturated carbocycles. The van der Waals surface area contributed by atoms with Crippen molar-refractivity contribution >= 4 is 11.4 Å². The summed E-state index contributed by atoms with van der Waals surface area (Å²) in [6.07, 6.45) is 0.801. The lowest BCUT2D eigenvalue weighted by Gasteiger charge is -2.10. The molecular weight excluding hydrogens is 272 g/mol. The summed E-state index contributed by atoms with van der Waals surface area (Å²) in [7, 11) is 0. The first-order chi connectivity index (χ1) is 9.93. The van der Waals surface area contributed by atoms with Gasteiger partial charge in [-0.1, -0.05) is 6.92 Å². The highest BCUT2D eigenvalue weighted by atomic mass is 16.6. The average Bonchev–Trinajstić information content (AvgIpc) is 2.69. The first-order valence-electron chi connectivity index (χ1n) is 6.69. The molecule has 0 amide bonds. The summed E-state index contributed by atoms with van der Waals surface area (Å²) in [5, 5.41) is 15.4. The van der Waals surface area contributed by atoms with Gasteiger partial charge in [-0.3, -0.25) is 10.1 Å². The van der Waals surface area contributed by atoms with Gasteiger partial charge in [0.05, 0.1) is 4.92 Å². The highest BCUT2D eigenvalue weighted by molar-refractivity contribution is 5.52. The van der Waals surface area contributed by atoms with Crippen LogP contribution in [0.3, 0.4) is 0 Å². The zero-order valence-corrected chi connectivity index (χ0v) is 12.3. The molecule has 1 heterocycles. The summed E-state index contributed by atoms with van der Waals surface area (Å²) in [4.78, 5) is 10.8. The molecule has 1 aromatic heterocycles. The van der Waals surface area contributed by atoms with Crippen molar-refractivity contribution in [3.63, 3.8) is 0 Å². The van der Waals surface area contributed by atoms with Crippen LogP contribution in [0.1, 0.15) is 24.6 Å². The van der Waals surface area contributed by atoms with Crippen LogP contribution in [0.2, 0.25) is 0 Å². The second-order valence-electron chi connectivity index (χ2n) is 4.85. The van der Waals surface area contributed by atoms with Crippen molar-refractivity contribution in [2.24, 2.45) is 0 Å². The third-order valence-electron chi connectivity index (χ3n) is 3.07. The molecule has 7 heteroatoms. The van der Waals surface area contributed by atoms with Crippen LogP contribution in [0, 0.1) is 24.0 Å². The van der Waals surface area contributed by atoms with E-state index in [4.69, 9.17) is 10.5 Å². The summed E-state index contributed by atoms with van der Waals surface area (Å²) < 4.78 is 7.30. The van der Waals surface area contributed by atoms with E-state index in [1.165, 1.54) is 4.68 Å². The molecule has 1 aromatic carbocycles. The number of hydrogen-bond acceptors (Lipinski definition) is 5. The molecule has 2 rings (SSSR count). The van der Waals surface area contributed by atoms with E-state index in [9.17, 15) is 10.1 Å². The number of anilines is 1. The molecule has 0 radical (unpaired) electrons. The number of aromatic nitrogens is 2. The second kappa shape index (κ2) is 5.82. The minimum atomic E-state index is -0.462. The number of ether oxygens (including phenoxy) is 1. The molecule has 2 N–H and O–H groups in total. The van der Waals surface area contributed by atoms with E-state index in [1.54, 1.807) is 25.1 Å². The predicted octanol–water partition coefficient (Wildman–Crippen LogP) is 3.19. The zero-order valence-electron chi connectivity index (χ0n) is 12.3. The third-order valence-corrected chi connectivity index (χ3v) is 3.07. The number of rotatable bonds is 5. The van der Waals surface area contributed by atoms with E-state index in [-0.39, 0.29) is 11.6 Å². The largest absolute Gasteiger partial charge is 0.434 e. The van der Waals surface area contributed by atoms with Gasteiger partial charge < -0.3 is 10.5 Å². The topological polar surface area (TPSA) is 96.2 Å². The Morgan fingerprint density at radius 2 is 2.14 bits per heavy atom. The molecule has 0 atom stereocenters. The van der Waals surface area contributed by atoms with Gasteiger partial charge in [0, 0.05) is 12.2 Å². The fourth-order valence-electron chi connectivity index (χ4n) is 2.12. The summed E-state index contributed by atoms with van der Waals surface area (Å²) >= 11 is 0. The average molecular weight is 290 g/mol. The molecule has 0 bridgehead atoms. The van der Waals surface area contributed by atoms with Crippen molar-refractivity contribution in [1.29, 1.82) is 0 Å². The summed E-state index contributed by atoms with van der Waals surface area (Å²) in [6.45, 7) is 5.97. The maximum Gasteiger partial charge on any atom is 0.353 e. The van der Waals surface area contributed by atoms with Gasteiger partial charge in [-0.2, -0.15) is 5.10 Å². The molecule has 0 aliphatic carbocycles. The van der Waals surface area contributed by atoms with Crippen LogP contribution in [0.4, 0.5) is 11.4 Å². The van der Waals surface area contributed by atoms with Crippen LogP contribution in [-0.2, 0) is 6.54 Å². The van der Waals surface area contributed by atoms with Crippen LogP contribution in [0.5, 0.6) is 11.6 Å². The fourth-order valence-corrected chi connectivity index (χ4v) is 2.12. The molecule has 7 nitrogen and oxygen atoms in total. The Balaban J connectivity index is 2.48. The van der Waals surface area contributed by atoms with Crippen LogP contribution in [0.15, 0.2) is 18.2 Å². The van der Waals surface area contributed by atoms with Crippen molar-refractivity contribution in [3.8, 4) is 11.6 Å². The molecule has 0 spiro atoms. The lowest BCUT2D eigenvalue weighted by Crippen LogP contribution is -2.03. The molecule has 112 valence electrons. The number of nitrogens with zero attached hydrogens (tertiary/aromatic N) is 3. The Labute approximate surface area is 122 Å². The smallest absolute Gasteiger partial charge is 0.353 e. The van der Waals surface area contributed by atoms with E-state index in [0.717, 1.165) is 12.0 Å². The molecule has 0 saturated heterocycles. The number of nitro groups is 1. The van der Waals surface area contributed by atoms with Gasteiger partial charge in [-0.15, -0.1) is 0 Å². The highest BCUT2D eigenvalue weighted by Gasteiger charge is 2.27. The Hall–Kier alpha value is -2.57. The Morgan fingerprint density at radius 3 is 2.71 bits per heavy atom. The van der Waals surface area contributed by atoms with Crippen LogP contribution in [0.25, 0.3) is 0 Å². The van der Waals surface area contributed by atoms with Gasteiger partial charge >= 0.3 is 5.69 Å². The van der Waals surface area contributed by atoms with Crippen molar-refractivity contribution in [2.45, 2.75) is 33.7 Å². The number of benzene rings is 1. The van der Waals surface area contributed by atoms with Crippen molar-refractivity contribution in [1.82, 2.24) is 9.78 Å². The lowest BCUT2D eigenvalue weighted by molar-refractivity contribution is -0.386. The number of nitrogen functional groups attached to an aromatic ring is 1. The van der Waals surface area contributed by atoms with Gasteiger partial charge in [0.2, 0.25) is 0 Å². The molecule has 2 aromatic rings. The van der Waals surface area contributed by atoms with E-state index < -0.39 is 4.92 Å². The predicted molar refractivity (Wildman–Crippen MR) is 79.6 cm³/mol. The monoisotopic (exact) mass is 290 g/mol. The van der Waals surface area contributed by atoms with Gasteiger partial charge in [0.25, 0.3) is 5.88 Å². The van der Waals surface area contributed by atoms with E-state index in [1.807, 2.05) is 13.8 Å². The normalized spacial score (nSPS) is 10.6.